The highest BCUT2D eigenvalue weighted by Crippen LogP contribution is 2.32. The van der Waals surface area contributed by atoms with Crippen LogP contribution >= 0.6 is 0 Å². The van der Waals surface area contributed by atoms with Crippen molar-refractivity contribution in [3.8, 4) is 11.5 Å². The average molecular weight is 275 g/mol. The highest BCUT2D eigenvalue weighted by atomic mass is 16.5. The fraction of sp³-hybridized carbons (Fsp3) is 0.333. The maximum absolute atomic E-state index is 12.2. The quantitative estimate of drug-likeness (QED) is 0.870. The van der Waals surface area contributed by atoms with Gasteiger partial charge in [0.25, 0.3) is 5.56 Å². The van der Waals surface area contributed by atoms with Crippen LogP contribution in [0.2, 0.25) is 0 Å². The number of aromatic nitrogens is 1. The van der Waals surface area contributed by atoms with E-state index in [9.17, 15) is 9.59 Å². The molecule has 2 rings (SSSR count). The highest BCUT2D eigenvalue weighted by molar-refractivity contribution is 6.05. The van der Waals surface area contributed by atoms with Crippen LogP contribution in [-0.2, 0) is 0 Å². The summed E-state index contributed by atoms with van der Waals surface area (Å²) in [6.45, 7) is 3.49. The minimum atomic E-state index is -0.461. The maximum Gasteiger partial charge on any atom is 0.263 e. The lowest BCUT2D eigenvalue weighted by Gasteiger charge is -2.13. The number of carbonyl (C=O) groups is 1. The third-order valence-corrected chi connectivity index (χ3v) is 3.16. The molecular formula is C15H17NO4. The van der Waals surface area contributed by atoms with E-state index in [-0.39, 0.29) is 17.3 Å². The summed E-state index contributed by atoms with van der Waals surface area (Å²) in [6, 6.07) is 5.30. The van der Waals surface area contributed by atoms with Crippen molar-refractivity contribution in [2.24, 2.45) is 5.92 Å². The smallest absolute Gasteiger partial charge is 0.263 e. The third kappa shape index (κ3) is 2.15. The number of nitrogens with one attached hydrogen (secondary N) is 1. The zero-order valence-corrected chi connectivity index (χ0v) is 11.9. The van der Waals surface area contributed by atoms with Crippen molar-refractivity contribution >= 4 is 16.7 Å². The van der Waals surface area contributed by atoms with Crippen molar-refractivity contribution < 1.29 is 14.3 Å². The molecule has 20 heavy (non-hydrogen) atoms. The molecule has 0 fully saturated rings. The first-order chi connectivity index (χ1) is 9.51. The van der Waals surface area contributed by atoms with E-state index in [4.69, 9.17) is 9.47 Å². The molecule has 0 aliphatic carbocycles. The topological polar surface area (TPSA) is 68.4 Å². The van der Waals surface area contributed by atoms with E-state index in [2.05, 4.69) is 4.98 Å². The predicted octanol–water partition coefficient (Wildman–Crippen LogP) is 2.38. The van der Waals surface area contributed by atoms with Gasteiger partial charge in [0.05, 0.1) is 19.7 Å². The van der Waals surface area contributed by atoms with E-state index in [0.717, 1.165) is 0 Å². The largest absolute Gasteiger partial charge is 0.495 e. The van der Waals surface area contributed by atoms with Gasteiger partial charge in [0.1, 0.15) is 17.1 Å². The van der Waals surface area contributed by atoms with E-state index in [0.29, 0.717) is 22.4 Å². The van der Waals surface area contributed by atoms with Crippen molar-refractivity contribution in [2.75, 3.05) is 14.2 Å². The molecule has 0 saturated heterocycles. The van der Waals surface area contributed by atoms with Crippen LogP contribution < -0.4 is 15.0 Å². The minimum absolute atomic E-state index is 0.0586. The lowest BCUT2D eigenvalue weighted by atomic mass is 9.99. The first kappa shape index (κ1) is 14.1. The highest BCUT2D eigenvalue weighted by Gasteiger charge is 2.23. The van der Waals surface area contributed by atoms with Crippen LogP contribution in [0, 0.1) is 5.92 Å². The molecule has 5 heteroatoms. The van der Waals surface area contributed by atoms with Gasteiger partial charge in [-0.05, 0) is 12.1 Å². The predicted molar refractivity (Wildman–Crippen MR) is 76.8 cm³/mol. The van der Waals surface area contributed by atoms with Crippen LogP contribution in [0.4, 0.5) is 0 Å². The monoisotopic (exact) mass is 275 g/mol. The number of hydrogen-bond donors (Lipinski definition) is 1. The molecule has 5 nitrogen and oxygen atoms in total. The summed E-state index contributed by atoms with van der Waals surface area (Å²) in [5.74, 6) is 0.295. The molecule has 0 spiro atoms. The van der Waals surface area contributed by atoms with Crippen LogP contribution in [0.5, 0.6) is 11.5 Å². The Morgan fingerprint density at radius 2 is 1.90 bits per heavy atom. The number of benzene rings is 1. The molecule has 106 valence electrons. The van der Waals surface area contributed by atoms with Crippen LogP contribution in [0.1, 0.15) is 24.2 Å². The van der Waals surface area contributed by atoms with Gasteiger partial charge < -0.3 is 14.5 Å². The molecule has 1 heterocycles. The molecule has 0 unspecified atom stereocenters. The van der Waals surface area contributed by atoms with Gasteiger partial charge in [0.15, 0.2) is 5.78 Å². The number of ether oxygens (including phenoxy) is 2. The van der Waals surface area contributed by atoms with Crippen LogP contribution in [0.3, 0.4) is 0 Å². The number of ketones is 1. The lowest BCUT2D eigenvalue weighted by Crippen LogP contribution is -2.22. The fourth-order valence-corrected chi connectivity index (χ4v) is 2.16. The SMILES string of the molecule is COc1c(C(=O)C(C)C)c(=O)[nH]c2c(OC)cccc12. The second-order valence-corrected chi connectivity index (χ2v) is 4.76. The molecule has 0 radical (unpaired) electrons. The Bertz CT molecular complexity index is 716. The maximum atomic E-state index is 12.2. The van der Waals surface area contributed by atoms with Gasteiger partial charge in [0, 0.05) is 11.3 Å². The van der Waals surface area contributed by atoms with E-state index in [1.807, 2.05) is 0 Å². The van der Waals surface area contributed by atoms with Gasteiger partial charge in [-0.2, -0.15) is 0 Å². The van der Waals surface area contributed by atoms with Crippen LogP contribution in [0.15, 0.2) is 23.0 Å². The van der Waals surface area contributed by atoms with Gasteiger partial charge in [0.2, 0.25) is 0 Å². The van der Waals surface area contributed by atoms with Crippen molar-refractivity contribution in [3.63, 3.8) is 0 Å². The Balaban J connectivity index is 2.89. The number of Topliss-reactive ketones (excluding diaryl/α,β-unsaturated/α-hetero) is 1. The molecule has 2 aromatic rings. The molecule has 0 saturated carbocycles. The van der Waals surface area contributed by atoms with E-state index in [1.165, 1.54) is 14.2 Å². The molecule has 0 aliphatic heterocycles. The summed E-state index contributed by atoms with van der Waals surface area (Å²) in [5.41, 5.74) is 0.123. The van der Waals surface area contributed by atoms with Gasteiger partial charge in [-0.1, -0.05) is 19.9 Å². The molecule has 0 aliphatic rings. The molecule has 1 aromatic carbocycles. The number of carbonyl (C=O) groups excluding carboxylic acids is 1. The number of fused-ring (bicyclic) bond motifs is 1. The first-order valence-electron chi connectivity index (χ1n) is 6.32. The molecule has 1 N–H and O–H groups in total. The number of pyridine rings is 1. The lowest BCUT2D eigenvalue weighted by molar-refractivity contribution is 0.0935. The van der Waals surface area contributed by atoms with Crippen molar-refractivity contribution in [1.82, 2.24) is 4.98 Å². The Morgan fingerprint density at radius 3 is 2.45 bits per heavy atom. The number of aromatic amines is 1. The van der Waals surface area contributed by atoms with E-state index in [1.54, 1.807) is 32.0 Å². The zero-order chi connectivity index (χ0) is 14.9. The fourth-order valence-electron chi connectivity index (χ4n) is 2.16. The Kier molecular flexibility index (Phi) is 3.79. The molecule has 1 aromatic heterocycles. The van der Waals surface area contributed by atoms with Gasteiger partial charge in [-0.25, -0.2) is 0 Å². The third-order valence-electron chi connectivity index (χ3n) is 3.16. The zero-order valence-electron chi connectivity index (χ0n) is 11.9. The molecular weight excluding hydrogens is 258 g/mol. The number of H-pyrrole nitrogens is 1. The Labute approximate surface area is 116 Å². The summed E-state index contributed by atoms with van der Waals surface area (Å²) < 4.78 is 10.5. The normalized spacial score (nSPS) is 10.8. The summed E-state index contributed by atoms with van der Waals surface area (Å²) in [4.78, 5) is 27.1. The minimum Gasteiger partial charge on any atom is -0.495 e. The number of para-hydroxylation sites is 1. The second-order valence-electron chi connectivity index (χ2n) is 4.76. The summed E-state index contributed by atoms with van der Waals surface area (Å²) in [6.07, 6.45) is 0. The van der Waals surface area contributed by atoms with Crippen LogP contribution in [-0.4, -0.2) is 25.0 Å². The van der Waals surface area contributed by atoms with Gasteiger partial charge >= 0.3 is 0 Å². The first-order valence-corrected chi connectivity index (χ1v) is 6.32. The van der Waals surface area contributed by atoms with Crippen molar-refractivity contribution in [2.45, 2.75) is 13.8 Å². The van der Waals surface area contributed by atoms with Crippen LogP contribution in [0.25, 0.3) is 10.9 Å². The Morgan fingerprint density at radius 1 is 1.20 bits per heavy atom. The summed E-state index contributed by atoms with van der Waals surface area (Å²) in [7, 11) is 2.97. The van der Waals surface area contributed by atoms with Gasteiger partial charge in [-0.3, -0.25) is 9.59 Å². The Hall–Kier alpha value is -2.30. The number of rotatable bonds is 4. The number of hydrogen-bond acceptors (Lipinski definition) is 4. The number of methoxy groups -OCH3 is 2. The van der Waals surface area contributed by atoms with Crippen molar-refractivity contribution in [3.05, 3.63) is 34.1 Å². The molecule has 0 bridgehead atoms. The van der Waals surface area contributed by atoms with E-state index >= 15 is 0 Å². The van der Waals surface area contributed by atoms with Gasteiger partial charge in [-0.15, -0.1) is 0 Å². The summed E-state index contributed by atoms with van der Waals surface area (Å²) in [5, 5.41) is 0.649. The molecule has 0 atom stereocenters. The molecule has 0 amide bonds. The summed E-state index contributed by atoms with van der Waals surface area (Å²) >= 11 is 0. The second kappa shape index (κ2) is 5.36. The standard InChI is InChI=1S/C15H17NO4/c1-8(2)13(17)11-14(20-4)9-6-5-7-10(19-3)12(9)16-15(11)18/h5-8H,1-4H3,(H,16,18). The van der Waals surface area contributed by atoms with Crippen molar-refractivity contribution in [1.29, 1.82) is 0 Å². The average Bonchev–Trinajstić information content (AvgIpc) is 2.44. The van der Waals surface area contributed by atoms with E-state index < -0.39 is 5.56 Å².